The van der Waals surface area contributed by atoms with Gasteiger partial charge in [0.15, 0.2) is 5.69 Å². The van der Waals surface area contributed by atoms with E-state index in [2.05, 4.69) is 15.3 Å². The van der Waals surface area contributed by atoms with Gasteiger partial charge in [-0.1, -0.05) is 5.21 Å². The molecule has 0 amide bonds. The number of carboxylic acid groups (broad SMARTS) is 1. The minimum atomic E-state index is -1.13. The molecule has 0 aliphatic carbocycles. The van der Waals surface area contributed by atoms with Gasteiger partial charge in [-0.25, -0.2) is 14.5 Å². The van der Waals surface area contributed by atoms with Crippen molar-refractivity contribution >= 4 is 5.97 Å². The van der Waals surface area contributed by atoms with Gasteiger partial charge in [-0.3, -0.25) is 0 Å². The van der Waals surface area contributed by atoms with Crippen LogP contribution in [0.25, 0.3) is 11.4 Å². The second-order valence-corrected chi connectivity index (χ2v) is 4.22. The summed E-state index contributed by atoms with van der Waals surface area (Å²) in [5.74, 6) is -0.470. The average molecular weight is 273 g/mol. The van der Waals surface area contributed by atoms with E-state index in [-0.39, 0.29) is 5.69 Å². The summed E-state index contributed by atoms with van der Waals surface area (Å²) in [6.45, 7) is 0.299. The molecular formula is C12H11N5O3. The lowest BCUT2D eigenvalue weighted by molar-refractivity contribution is 0.0691. The molecule has 3 aromatic heterocycles. The van der Waals surface area contributed by atoms with Crippen molar-refractivity contribution < 1.29 is 14.3 Å². The lowest BCUT2D eigenvalue weighted by Gasteiger charge is -2.06. The lowest BCUT2D eigenvalue weighted by atomic mass is 10.2. The van der Waals surface area contributed by atoms with Crippen molar-refractivity contribution in [3.63, 3.8) is 0 Å². The zero-order chi connectivity index (χ0) is 14.1. The van der Waals surface area contributed by atoms with E-state index >= 15 is 0 Å². The quantitative estimate of drug-likeness (QED) is 0.761. The molecule has 0 spiro atoms. The van der Waals surface area contributed by atoms with Gasteiger partial charge in [0, 0.05) is 7.05 Å². The molecule has 3 aromatic rings. The summed E-state index contributed by atoms with van der Waals surface area (Å²) >= 11 is 0. The van der Waals surface area contributed by atoms with E-state index in [9.17, 15) is 9.90 Å². The van der Waals surface area contributed by atoms with Crippen molar-refractivity contribution in [1.29, 1.82) is 0 Å². The minimum absolute atomic E-state index is 0.111. The van der Waals surface area contributed by atoms with Gasteiger partial charge in [0.1, 0.15) is 18.0 Å². The number of carboxylic acids is 1. The van der Waals surface area contributed by atoms with Crippen LogP contribution in [0.4, 0.5) is 0 Å². The Morgan fingerprint density at radius 2 is 2.35 bits per heavy atom. The fourth-order valence-corrected chi connectivity index (χ4v) is 1.96. The molecule has 0 aromatic carbocycles. The molecule has 0 saturated carbocycles. The maximum absolute atomic E-state index is 11.3. The summed E-state index contributed by atoms with van der Waals surface area (Å²) in [7, 11) is 1.78. The summed E-state index contributed by atoms with van der Waals surface area (Å²) in [5.41, 5.74) is 0.910. The molecule has 3 heterocycles. The van der Waals surface area contributed by atoms with Crippen molar-refractivity contribution in [2.24, 2.45) is 7.05 Å². The molecule has 1 N–H and O–H groups in total. The third-order valence-electron chi connectivity index (χ3n) is 2.88. The van der Waals surface area contributed by atoms with Crippen molar-refractivity contribution in [3.05, 3.63) is 42.4 Å². The number of aromatic carboxylic acids is 1. The molecule has 8 heteroatoms. The van der Waals surface area contributed by atoms with Crippen LogP contribution >= 0.6 is 0 Å². The highest BCUT2D eigenvalue weighted by atomic mass is 16.4. The summed E-state index contributed by atoms with van der Waals surface area (Å²) in [6.07, 6.45) is 4.71. The van der Waals surface area contributed by atoms with Crippen LogP contribution in [0.5, 0.6) is 0 Å². The van der Waals surface area contributed by atoms with Crippen LogP contribution in [0, 0.1) is 0 Å². The van der Waals surface area contributed by atoms with E-state index in [0.717, 1.165) is 0 Å². The maximum atomic E-state index is 11.3. The number of furan rings is 1. The van der Waals surface area contributed by atoms with E-state index in [1.807, 2.05) is 0 Å². The molecule has 0 atom stereocenters. The van der Waals surface area contributed by atoms with Gasteiger partial charge in [-0.15, -0.1) is 5.10 Å². The van der Waals surface area contributed by atoms with Gasteiger partial charge >= 0.3 is 5.97 Å². The molecule has 0 bridgehead atoms. The summed E-state index contributed by atoms with van der Waals surface area (Å²) in [5, 5.41) is 16.8. The van der Waals surface area contributed by atoms with Crippen molar-refractivity contribution in [1.82, 2.24) is 24.5 Å². The van der Waals surface area contributed by atoms with Crippen LogP contribution in [-0.2, 0) is 13.6 Å². The van der Waals surface area contributed by atoms with Gasteiger partial charge in [-0.2, -0.15) is 0 Å². The summed E-state index contributed by atoms with van der Waals surface area (Å²) < 4.78 is 8.45. The molecule has 102 valence electrons. The first kappa shape index (κ1) is 12.2. The second-order valence-electron chi connectivity index (χ2n) is 4.22. The first-order valence-corrected chi connectivity index (χ1v) is 5.82. The Balaban J connectivity index is 2.11. The second kappa shape index (κ2) is 4.65. The van der Waals surface area contributed by atoms with Gasteiger partial charge in [0.05, 0.1) is 24.5 Å². The lowest BCUT2D eigenvalue weighted by Crippen LogP contribution is -2.07. The first-order chi connectivity index (χ1) is 9.66. The minimum Gasteiger partial charge on any atom is -0.476 e. The molecule has 0 radical (unpaired) electrons. The molecule has 0 fully saturated rings. The van der Waals surface area contributed by atoms with Crippen LogP contribution < -0.4 is 0 Å². The van der Waals surface area contributed by atoms with Crippen LogP contribution in [0.1, 0.15) is 16.2 Å². The van der Waals surface area contributed by atoms with Gasteiger partial charge < -0.3 is 14.1 Å². The van der Waals surface area contributed by atoms with Gasteiger partial charge in [0.2, 0.25) is 0 Å². The molecule has 0 aliphatic heterocycles. The molecular weight excluding hydrogens is 262 g/mol. The Kier molecular flexibility index (Phi) is 2.82. The van der Waals surface area contributed by atoms with Crippen LogP contribution in [0.2, 0.25) is 0 Å². The average Bonchev–Trinajstić information content (AvgIpc) is 3.10. The summed E-state index contributed by atoms with van der Waals surface area (Å²) in [6, 6.07) is 3.54. The fourth-order valence-electron chi connectivity index (χ4n) is 1.96. The molecule has 3 rings (SSSR count). The smallest absolute Gasteiger partial charge is 0.358 e. The Hall–Kier alpha value is -2.90. The van der Waals surface area contributed by atoms with Crippen molar-refractivity contribution in [3.8, 4) is 11.4 Å². The predicted molar refractivity (Wildman–Crippen MR) is 67.0 cm³/mol. The number of aryl methyl sites for hydroxylation is 1. The SMILES string of the molecule is Cn1cncc1-c1c(C(=O)O)nnn1Cc1ccco1. The van der Waals surface area contributed by atoms with E-state index in [4.69, 9.17) is 4.42 Å². The largest absolute Gasteiger partial charge is 0.476 e. The number of rotatable bonds is 4. The Labute approximate surface area is 113 Å². The fraction of sp³-hybridized carbons (Fsp3) is 0.167. The van der Waals surface area contributed by atoms with E-state index in [0.29, 0.717) is 23.7 Å². The van der Waals surface area contributed by atoms with Crippen molar-refractivity contribution in [2.45, 2.75) is 6.54 Å². The van der Waals surface area contributed by atoms with E-state index in [1.54, 1.807) is 42.5 Å². The zero-order valence-corrected chi connectivity index (χ0v) is 10.6. The number of hydrogen-bond acceptors (Lipinski definition) is 5. The molecule has 0 aliphatic rings. The molecule has 0 saturated heterocycles. The Bertz CT molecular complexity index is 741. The third kappa shape index (κ3) is 1.96. The Morgan fingerprint density at radius 1 is 1.50 bits per heavy atom. The van der Waals surface area contributed by atoms with Crippen LogP contribution in [-0.4, -0.2) is 35.6 Å². The normalized spacial score (nSPS) is 10.8. The molecule has 8 nitrogen and oxygen atoms in total. The number of carbonyl (C=O) groups is 1. The third-order valence-corrected chi connectivity index (χ3v) is 2.88. The highest BCUT2D eigenvalue weighted by Crippen LogP contribution is 2.22. The predicted octanol–water partition coefficient (Wildman–Crippen LogP) is 1.02. The van der Waals surface area contributed by atoms with E-state index < -0.39 is 5.97 Å². The van der Waals surface area contributed by atoms with E-state index in [1.165, 1.54) is 4.68 Å². The summed E-state index contributed by atoms with van der Waals surface area (Å²) in [4.78, 5) is 15.3. The maximum Gasteiger partial charge on any atom is 0.358 e. The van der Waals surface area contributed by atoms with Gasteiger partial charge in [-0.05, 0) is 12.1 Å². The van der Waals surface area contributed by atoms with Crippen molar-refractivity contribution in [2.75, 3.05) is 0 Å². The first-order valence-electron chi connectivity index (χ1n) is 5.82. The monoisotopic (exact) mass is 273 g/mol. The number of nitrogens with zero attached hydrogens (tertiary/aromatic N) is 5. The van der Waals surface area contributed by atoms with Gasteiger partial charge in [0.25, 0.3) is 0 Å². The van der Waals surface area contributed by atoms with Crippen LogP contribution in [0.15, 0.2) is 35.3 Å². The Morgan fingerprint density at radius 3 is 2.95 bits per heavy atom. The molecule has 20 heavy (non-hydrogen) atoms. The van der Waals surface area contributed by atoms with Crippen LogP contribution in [0.3, 0.4) is 0 Å². The standard InChI is InChI=1S/C12H11N5O3/c1-16-7-13-5-9(16)11-10(12(18)19)14-15-17(11)6-8-3-2-4-20-8/h2-5,7H,6H2,1H3,(H,18,19). The highest BCUT2D eigenvalue weighted by molar-refractivity contribution is 5.92. The number of hydrogen-bond donors (Lipinski definition) is 1. The number of imidazole rings is 1. The number of aromatic nitrogens is 5. The zero-order valence-electron chi connectivity index (χ0n) is 10.6. The topological polar surface area (TPSA) is 99.0 Å². The molecule has 0 unspecified atom stereocenters. The highest BCUT2D eigenvalue weighted by Gasteiger charge is 2.23.